The topological polar surface area (TPSA) is 72.7 Å². The third kappa shape index (κ3) is 3.17. The lowest BCUT2D eigenvalue weighted by molar-refractivity contribution is 0.101. The summed E-state index contributed by atoms with van der Waals surface area (Å²) in [6, 6.07) is 13.9. The molecule has 2 aromatic heterocycles. The molecule has 0 bridgehead atoms. The van der Waals surface area contributed by atoms with Gasteiger partial charge in [-0.3, -0.25) is 9.48 Å². The summed E-state index contributed by atoms with van der Waals surface area (Å²) < 4.78 is 1.55. The molecule has 2 aromatic carbocycles. The highest BCUT2D eigenvalue weighted by atomic mass is 16.2. The molecular formula is C21H19N5O. The molecule has 6 heteroatoms. The molecule has 0 fully saturated rings. The summed E-state index contributed by atoms with van der Waals surface area (Å²) in [6.45, 7) is 4.02. The molecule has 134 valence electrons. The second kappa shape index (κ2) is 6.64. The monoisotopic (exact) mass is 357 g/mol. The molecule has 1 amide bonds. The van der Waals surface area contributed by atoms with Gasteiger partial charge in [-0.1, -0.05) is 12.1 Å². The van der Waals surface area contributed by atoms with Crippen LogP contribution in [0.3, 0.4) is 0 Å². The fourth-order valence-corrected chi connectivity index (χ4v) is 3.13. The third-order valence-corrected chi connectivity index (χ3v) is 4.70. The Morgan fingerprint density at radius 2 is 1.78 bits per heavy atom. The summed E-state index contributed by atoms with van der Waals surface area (Å²) in [7, 11) is 1.75. The van der Waals surface area contributed by atoms with Crippen molar-refractivity contribution < 1.29 is 4.79 Å². The Morgan fingerprint density at radius 3 is 2.52 bits per heavy atom. The van der Waals surface area contributed by atoms with Gasteiger partial charge in [0.15, 0.2) is 0 Å². The van der Waals surface area contributed by atoms with Gasteiger partial charge in [-0.2, -0.15) is 15.3 Å². The standard InChI is InChI=1S/C21H19N5O/c1-13-10-15(16-5-7-19-17(11-16)14(2)12-22-25-19)4-6-18(13)24-21(27)20-8-9-23-26(20)3/h4-12H,1-3H3,(H,24,27). The number of benzene rings is 2. The van der Waals surface area contributed by atoms with Crippen molar-refractivity contribution in [1.82, 2.24) is 20.0 Å². The smallest absolute Gasteiger partial charge is 0.273 e. The van der Waals surface area contributed by atoms with Crippen LogP contribution in [0.1, 0.15) is 21.6 Å². The zero-order valence-corrected chi connectivity index (χ0v) is 15.4. The third-order valence-electron chi connectivity index (χ3n) is 4.70. The Kier molecular flexibility index (Phi) is 4.16. The van der Waals surface area contributed by atoms with Crippen LogP contribution in [0.15, 0.2) is 54.9 Å². The van der Waals surface area contributed by atoms with Gasteiger partial charge in [0.25, 0.3) is 5.91 Å². The number of hydrogen-bond acceptors (Lipinski definition) is 4. The number of carbonyl (C=O) groups excluding carboxylic acids is 1. The van der Waals surface area contributed by atoms with Gasteiger partial charge in [0.05, 0.1) is 11.7 Å². The minimum atomic E-state index is -0.175. The molecule has 0 atom stereocenters. The van der Waals surface area contributed by atoms with Crippen LogP contribution >= 0.6 is 0 Å². The van der Waals surface area contributed by atoms with E-state index in [9.17, 15) is 4.79 Å². The Labute approximate surface area is 156 Å². The van der Waals surface area contributed by atoms with Crippen LogP contribution in [0.2, 0.25) is 0 Å². The maximum absolute atomic E-state index is 12.4. The van der Waals surface area contributed by atoms with E-state index in [1.54, 1.807) is 30.2 Å². The molecule has 4 rings (SSSR count). The van der Waals surface area contributed by atoms with Gasteiger partial charge in [0.2, 0.25) is 0 Å². The molecule has 0 saturated carbocycles. The van der Waals surface area contributed by atoms with E-state index in [1.165, 1.54) is 0 Å². The summed E-state index contributed by atoms with van der Waals surface area (Å²) >= 11 is 0. The zero-order chi connectivity index (χ0) is 19.0. The molecule has 0 unspecified atom stereocenters. The van der Waals surface area contributed by atoms with Crippen LogP contribution < -0.4 is 5.32 Å². The van der Waals surface area contributed by atoms with Gasteiger partial charge in [-0.25, -0.2) is 0 Å². The van der Waals surface area contributed by atoms with E-state index in [2.05, 4.69) is 32.7 Å². The molecule has 0 spiro atoms. The maximum Gasteiger partial charge on any atom is 0.273 e. The fraction of sp³-hybridized carbons (Fsp3) is 0.143. The number of aromatic nitrogens is 4. The largest absolute Gasteiger partial charge is 0.320 e. The van der Waals surface area contributed by atoms with E-state index in [1.807, 2.05) is 38.1 Å². The first-order valence-electron chi connectivity index (χ1n) is 8.65. The van der Waals surface area contributed by atoms with Crippen molar-refractivity contribution in [1.29, 1.82) is 0 Å². The highest BCUT2D eigenvalue weighted by Crippen LogP contribution is 2.28. The second-order valence-corrected chi connectivity index (χ2v) is 6.58. The summed E-state index contributed by atoms with van der Waals surface area (Å²) in [4.78, 5) is 12.4. The Balaban J connectivity index is 1.65. The van der Waals surface area contributed by atoms with E-state index in [4.69, 9.17) is 0 Å². The van der Waals surface area contributed by atoms with Crippen molar-refractivity contribution in [2.75, 3.05) is 5.32 Å². The van der Waals surface area contributed by atoms with E-state index >= 15 is 0 Å². The number of aryl methyl sites for hydroxylation is 3. The molecule has 0 aliphatic heterocycles. The molecule has 0 aliphatic rings. The minimum Gasteiger partial charge on any atom is -0.320 e. The molecule has 0 radical (unpaired) electrons. The highest BCUT2D eigenvalue weighted by molar-refractivity contribution is 6.03. The molecule has 4 aromatic rings. The first-order valence-corrected chi connectivity index (χ1v) is 8.65. The molecular weight excluding hydrogens is 338 g/mol. The van der Waals surface area contributed by atoms with Crippen molar-refractivity contribution >= 4 is 22.5 Å². The average Bonchev–Trinajstić information content (AvgIpc) is 3.09. The highest BCUT2D eigenvalue weighted by Gasteiger charge is 2.12. The Morgan fingerprint density at radius 1 is 1.00 bits per heavy atom. The molecule has 2 heterocycles. The van der Waals surface area contributed by atoms with E-state index in [0.717, 1.165) is 38.8 Å². The van der Waals surface area contributed by atoms with E-state index in [-0.39, 0.29) is 5.91 Å². The SMILES string of the molecule is Cc1cc(-c2ccc3nncc(C)c3c2)ccc1NC(=O)c1ccnn1C. The Hall–Kier alpha value is -3.54. The number of fused-ring (bicyclic) bond motifs is 1. The lowest BCUT2D eigenvalue weighted by Gasteiger charge is -2.11. The van der Waals surface area contributed by atoms with Gasteiger partial charge in [-0.05, 0) is 66.4 Å². The van der Waals surface area contributed by atoms with Crippen molar-refractivity contribution in [3.05, 3.63) is 71.7 Å². The van der Waals surface area contributed by atoms with Crippen molar-refractivity contribution in [2.24, 2.45) is 7.05 Å². The summed E-state index contributed by atoms with van der Waals surface area (Å²) in [5, 5.41) is 16.2. The number of nitrogens with zero attached hydrogens (tertiary/aromatic N) is 4. The van der Waals surface area contributed by atoms with Crippen molar-refractivity contribution in [2.45, 2.75) is 13.8 Å². The first kappa shape index (κ1) is 16.9. The number of anilines is 1. The zero-order valence-electron chi connectivity index (χ0n) is 15.4. The summed E-state index contributed by atoms with van der Waals surface area (Å²) in [6.07, 6.45) is 3.38. The van der Waals surface area contributed by atoms with Crippen molar-refractivity contribution in [3.8, 4) is 11.1 Å². The van der Waals surface area contributed by atoms with Gasteiger partial charge in [0.1, 0.15) is 5.69 Å². The average molecular weight is 357 g/mol. The van der Waals surface area contributed by atoms with Gasteiger partial charge in [-0.15, -0.1) is 0 Å². The van der Waals surface area contributed by atoms with Crippen LogP contribution in [0.5, 0.6) is 0 Å². The molecule has 1 N–H and O–H groups in total. The van der Waals surface area contributed by atoms with Crippen LogP contribution in [-0.2, 0) is 7.05 Å². The number of carbonyl (C=O) groups is 1. The normalized spacial score (nSPS) is 10.9. The van der Waals surface area contributed by atoms with Gasteiger partial charge in [0, 0.05) is 24.3 Å². The Bertz CT molecular complexity index is 1160. The van der Waals surface area contributed by atoms with E-state index in [0.29, 0.717) is 5.69 Å². The van der Waals surface area contributed by atoms with Crippen LogP contribution in [0.4, 0.5) is 5.69 Å². The predicted octanol–water partition coefficient (Wildman–Crippen LogP) is 3.90. The molecule has 6 nitrogen and oxygen atoms in total. The number of rotatable bonds is 3. The minimum absolute atomic E-state index is 0.175. The molecule has 0 saturated heterocycles. The summed E-state index contributed by atoms with van der Waals surface area (Å²) in [5.41, 5.74) is 6.47. The molecule has 27 heavy (non-hydrogen) atoms. The van der Waals surface area contributed by atoms with Crippen molar-refractivity contribution in [3.63, 3.8) is 0 Å². The van der Waals surface area contributed by atoms with E-state index < -0.39 is 0 Å². The number of nitrogens with one attached hydrogen (secondary N) is 1. The molecule has 0 aliphatic carbocycles. The second-order valence-electron chi connectivity index (χ2n) is 6.58. The van der Waals surface area contributed by atoms with Crippen LogP contribution in [-0.4, -0.2) is 25.9 Å². The van der Waals surface area contributed by atoms with Gasteiger partial charge < -0.3 is 5.32 Å². The van der Waals surface area contributed by atoms with Crippen LogP contribution in [0, 0.1) is 13.8 Å². The predicted molar refractivity (Wildman–Crippen MR) is 106 cm³/mol. The number of amides is 1. The summed E-state index contributed by atoms with van der Waals surface area (Å²) in [5.74, 6) is -0.175. The number of hydrogen-bond donors (Lipinski definition) is 1. The lowest BCUT2D eigenvalue weighted by Crippen LogP contribution is -2.16. The van der Waals surface area contributed by atoms with Gasteiger partial charge >= 0.3 is 0 Å². The van der Waals surface area contributed by atoms with Crippen LogP contribution in [0.25, 0.3) is 22.0 Å². The quantitative estimate of drug-likeness (QED) is 0.603. The maximum atomic E-state index is 12.4. The first-order chi connectivity index (χ1) is 13.0. The fourth-order valence-electron chi connectivity index (χ4n) is 3.13. The lowest BCUT2D eigenvalue weighted by atomic mass is 9.99.